The molecule has 0 aliphatic heterocycles. The minimum atomic E-state index is 0.680. The van der Waals surface area contributed by atoms with E-state index in [-0.39, 0.29) is 0 Å². The van der Waals surface area contributed by atoms with E-state index in [0.29, 0.717) is 6.61 Å². The molecule has 0 aromatic heterocycles. The van der Waals surface area contributed by atoms with Gasteiger partial charge < -0.3 is 14.8 Å². The summed E-state index contributed by atoms with van der Waals surface area (Å²) >= 11 is 0. The van der Waals surface area contributed by atoms with E-state index in [4.69, 9.17) is 9.47 Å². The van der Waals surface area contributed by atoms with Gasteiger partial charge in [0.15, 0.2) is 0 Å². The maximum atomic E-state index is 5.57. The maximum absolute atomic E-state index is 5.57. The first-order valence-corrected chi connectivity index (χ1v) is 5.26. The van der Waals surface area contributed by atoms with Gasteiger partial charge in [0.2, 0.25) is 0 Å². The Kier molecular flexibility index (Phi) is 4.98. The van der Waals surface area contributed by atoms with E-state index in [2.05, 4.69) is 11.4 Å². The van der Waals surface area contributed by atoms with E-state index in [1.807, 2.05) is 26.1 Å². The molecule has 84 valence electrons. The highest BCUT2D eigenvalue weighted by Crippen LogP contribution is 2.25. The fraction of sp³-hybridized carbons (Fsp3) is 0.500. The van der Waals surface area contributed by atoms with Crippen LogP contribution in [0.1, 0.15) is 12.5 Å². The second-order valence-corrected chi connectivity index (χ2v) is 3.26. The fourth-order valence-corrected chi connectivity index (χ4v) is 1.42. The monoisotopic (exact) mass is 209 g/mol. The van der Waals surface area contributed by atoms with Crippen molar-refractivity contribution in [1.82, 2.24) is 5.32 Å². The lowest BCUT2D eigenvalue weighted by Gasteiger charge is -2.11. The highest BCUT2D eigenvalue weighted by atomic mass is 16.5. The Bertz CT molecular complexity index is 300. The largest absolute Gasteiger partial charge is 0.497 e. The van der Waals surface area contributed by atoms with Crippen LogP contribution in [0.5, 0.6) is 11.5 Å². The summed E-state index contributed by atoms with van der Waals surface area (Å²) in [7, 11) is 3.61. The van der Waals surface area contributed by atoms with Crippen molar-refractivity contribution in [2.45, 2.75) is 13.3 Å². The van der Waals surface area contributed by atoms with Crippen LogP contribution in [-0.2, 0) is 6.42 Å². The number of rotatable bonds is 6. The summed E-state index contributed by atoms with van der Waals surface area (Å²) in [6.07, 6.45) is 0.968. The number of likely N-dealkylation sites (N-methyl/N-ethyl adjacent to an activating group) is 1. The molecule has 0 fully saturated rings. The van der Waals surface area contributed by atoms with E-state index in [1.54, 1.807) is 7.11 Å². The van der Waals surface area contributed by atoms with E-state index < -0.39 is 0 Å². The number of hydrogen-bond donors (Lipinski definition) is 1. The predicted molar refractivity (Wildman–Crippen MR) is 61.8 cm³/mol. The third-order valence-electron chi connectivity index (χ3n) is 2.22. The van der Waals surface area contributed by atoms with Gasteiger partial charge in [-0.25, -0.2) is 0 Å². The van der Waals surface area contributed by atoms with Gasteiger partial charge in [-0.3, -0.25) is 0 Å². The van der Waals surface area contributed by atoms with Crippen molar-refractivity contribution >= 4 is 0 Å². The number of nitrogens with one attached hydrogen (secondary N) is 1. The first-order valence-electron chi connectivity index (χ1n) is 5.26. The Labute approximate surface area is 91.4 Å². The predicted octanol–water partition coefficient (Wildman–Crippen LogP) is 1.86. The van der Waals surface area contributed by atoms with Crippen molar-refractivity contribution in [2.75, 3.05) is 27.3 Å². The molecule has 0 atom stereocenters. The van der Waals surface area contributed by atoms with E-state index >= 15 is 0 Å². The smallest absolute Gasteiger partial charge is 0.126 e. The third-order valence-corrected chi connectivity index (χ3v) is 2.22. The van der Waals surface area contributed by atoms with Crippen molar-refractivity contribution in [1.29, 1.82) is 0 Å². The van der Waals surface area contributed by atoms with Crippen LogP contribution in [0, 0.1) is 0 Å². The summed E-state index contributed by atoms with van der Waals surface area (Å²) in [6, 6.07) is 5.96. The first kappa shape index (κ1) is 11.9. The summed E-state index contributed by atoms with van der Waals surface area (Å²) in [5, 5.41) is 3.13. The molecule has 0 bridgehead atoms. The van der Waals surface area contributed by atoms with Gasteiger partial charge in [-0.2, -0.15) is 0 Å². The molecular weight excluding hydrogens is 190 g/mol. The second kappa shape index (κ2) is 6.30. The van der Waals surface area contributed by atoms with Crippen LogP contribution in [0.4, 0.5) is 0 Å². The minimum Gasteiger partial charge on any atom is -0.497 e. The average Bonchev–Trinajstić information content (AvgIpc) is 2.27. The summed E-state index contributed by atoms with van der Waals surface area (Å²) in [4.78, 5) is 0. The van der Waals surface area contributed by atoms with Crippen LogP contribution < -0.4 is 14.8 Å². The zero-order valence-electron chi connectivity index (χ0n) is 9.67. The van der Waals surface area contributed by atoms with Gasteiger partial charge in [-0.05, 0) is 38.6 Å². The van der Waals surface area contributed by atoms with Gasteiger partial charge in [0, 0.05) is 6.07 Å². The zero-order valence-corrected chi connectivity index (χ0v) is 9.67. The molecule has 1 aromatic rings. The van der Waals surface area contributed by atoms with Crippen molar-refractivity contribution in [3.05, 3.63) is 23.8 Å². The molecule has 3 nitrogen and oxygen atoms in total. The van der Waals surface area contributed by atoms with Gasteiger partial charge in [-0.15, -0.1) is 0 Å². The zero-order chi connectivity index (χ0) is 11.1. The van der Waals surface area contributed by atoms with E-state index in [9.17, 15) is 0 Å². The van der Waals surface area contributed by atoms with Crippen molar-refractivity contribution < 1.29 is 9.47 Å². The summed E-state index contributed by atoms with van der Waals surface area (Å²) in [5.41, 5.74) is 1.21. The Morgan fingerprint density at radius 1 is 1.33 bits per heavy atom. The number of benzene rings is 1. The van der Waals surface area contributed by atoms with Crippen LogP contribution in [-0.4, -0.2) is 27.3 Å². The molecule has 0 aliphatic rings. The number of methoxy groups -OCH3 is 1. The molecule has 1 N–H and O–H groups in total. The summed E-state index contributed by atoms with van der Waals surface area (Å²) in [6.45, 7) is 3.62. The molecule has 0 spiro atoms. The standard InChI is InChI=1S/C12H19NO2/c1-4-15-12-9-11(14-3)6-5-10(12)7-8-13-2/h5-6,9,13H,4,7-8H2,1-3H3. The maximum Gasteiger partial charge on any atom is 0.126 e. The van der Waals surface area contributed by atoms with E-state index in [1.165, 1.54) is 5.56 Å². The molecule has 1 aromatic carbocycles. The molecule has 0 saturated heterocycles. The molecular formula is C12H19NO2. The molecule has 0 aliphatic carbocycles. The van der Waals surface area contributed by atoms with Crippen LogP contribution in [0.2, 0.25) is 0 Å². The normalized spacial score (nSPS) is 10.1. The second-order valence-electron chi connectivity index (χ2n) is 3.26. The highest BCUT2D eigenvalue weighted by molar-refractivity contribution is 5.40. The van der Waals surface area contributed by atoms with Gasteiger partial charge in [0.25, 0.3) is 0 Å². The minimum absolute atomic E-state index is 0.680. The quantitative estimate of drug-likeness (QED) is 0.775. The Hall–Kier alpha value is -1.22. The summed E-state index contributed by atoms with van der Waals surface area (Å²) in [5.74, 6) is 1.76. The Morgan fingerprint density at radius 2 is 2.13 bits per heavy atom. The van der Waals surface area contributed by atoms with Gasteiger partial charge >= 0.3 is 0 Å². The SMILES string of the molecule is CCOc1cc(OC)ccc1CCNC. The molecule has 0 heterocycles. The lowest BCUT2D eigenvalue weighted by molar-refractivity contribution is 0.332. The van der Waals surface area contributed by atoms with Gasteiger partial charge in [-0.1, -0.05) is 6.07 Å². The molecule has 0 amide bonds. The van der Waals surface area contributed by atoms with Crippen molar-refractivity contribution in [2.24, 2.45) is 0 Å². The van der Waals surface area contributed by atoms with Crippen molar-refractivity contribution in [3.8, 4) is 11.5 Å². The number of ether oxygens (including phenoxy) is 2. The molecule has 0 saturated carbocycles. The molecule has 15 heavy (non-hydrogen) atoms. The van der Waals surface area contributed by atoms with Crippen molar-refractivity contribution in [3.63, 3.8) is 0 Å². The lowest BCUT2D eigenvalue weighted by atomic mass is 10.1. The highest BCUT2D eigenvalue weighted by Gasteiger charge is 2.04. The van der Waals surface area contributed by atoms with Gasteiger partial charge in [0.05, 0.1) is 13.7 Å². The number of hydrogen-bond acceptors (Lipinski definition) is 3. The van der Waals surface area contributed by atoms with Crippen LogP contribution in [0.15, 0.2) is 18.2 Å². The Balaban J connectivity index is 2.82. The lowest BCUT2D eigenvalue weighted by Crippen LogP contribution is -2.11. The molecule has 1 rings (SSSR count). The van der Waals surface area contributed by atoms with Crippen LogP contribution >= 0.6 is 0 Å². The summed E-state index contributed by atoms with van der Waals surface area (Å²) < 4.78 is 10.7. The molecule has 3 heteroatoms. The van der Waals surface area contributed by atoms with Crippen LogP contribution in [0.3, 0.4) is 0 Å². The topological polar surface area (TPSA) is 30.5 Å². The van der Waals surface area contributed by atoms with E-state index in [0.717, 1.165) is 24.5 Å². The van der Waals surface area contributed by atoms with Gasteiger partial charge in [0.1, 0.15) is 11.5 Å². The first-order chi connectivity index (χ1) is 7.31. The molecule has 0 radical (unpaired) electrons. The fourth-order valence-electron chi connectivity index (χ4n) is 1.42. The molecule has 0 unspecified atom stereocenters. The van der Waals surface area contributed by atoms with Crippen LogP contribution in [0.25, 0.3) is 0 Å². The average molecular weight is 209 g/mol. The third kappa shape index (κ3) is 3.44. The Morgan fingerprint density at radius 3 is 2.73 bits per heavy atom.